The lowest BCUT2D eigenvalue weighted by Crippen LogP contribution is -2.37. The fraction of sp³-hybridized carbons (Fsp3) is 0.474. The number of hydrogen-bond acceptors (Lipinski definition) is 3. The summed E-state index contributed by atoms with van der Waals surface area (Å²) >= 11 is 0. The van der Waals surface area contributed by atoms with Gasteiger partial charge < -0.3 is 15.1 Å². The van der Waals surface area contributed by atoms with Crippen LogP contribution in [0.5, 0.6) is 0 Å². The number of aromatic nitrogens is 1. The summed E-state index contributed by atoms with van der Waals surface area (Å²) in [6, 6.07) is 8.17. The van der Waals surface area contributed by atoms with Crippen molar-refractivity contribution in [3.05, 3.63) is 41.8 Å². The molecule has 5 nitrogen and oxygen atoms in total. The van der Waals surface area contributed by atoms with Gasteiger partial charge in [-0.1, -0.05) is 30.5 Å². The number of hydrogen-bond donors (Lipinski definition) is 2. The lowest BCUT2D eigenvalue weighted by Gasteiger charge is -2.10. The fourth-order valence-corrected chi connectivity index (χ4v) is 2.51. The first-order chi connectivity index (χ1) is 11.7. The van der Waals surface area contributed by atoms with Crippen LogP contribution in [0.15, 0.2) is 39.9 Å². The highest BCUT2D eigenvalue weighted by Gasteiger charge is 2.20. The van der Waals surface area contributed by atoms with Crippen molar-refractivity contribution in [2.24, 2.45) is 10.9 Å². The molecule has 6 heteroatoms. The lowest BCUT2D eigenvalue weighted by atomic mass is 10.1. The van der Waals surface area contributed by atoms with E-state index >= 15 is 0 Å². The second kappa shape index (κ2) is 9.79. The number of rotatable bonds is 7. The van der Waals surface area contributed by atoms with Gasteiger partial charge in [-0.2, -0.15) is 0 Å². The minimum absolute atomic E-state index is 0. The Morgan fingerprint density at radius 1 is 1.24 bits per heavy atom. The summed E-state index contributed by atoms with van der Waals surface area (Å²) in [6.45, 7) is 6.47. The Morgan fingerprint density at radius 2 is 2.00 bits per heavy atom. The van der Waals surface area contributed by atoms with Crippen LogP contribution in [0, 0.1) is 12.8 Å². The number of aryl methyl sites for hydroxylation is 1. The van der Waals surface area contributed by atoms with Gasteiger partial charge in [-0.3, -0.25) is 0 Å². The Bertz CT molecular complexity index is 677. The van der Waals surface area contributed by atoms with Crippen molar-refractivity contribution in [2.45, 2.75) is 39.7 Å². The zero-order valence-corrected chi connectivity index (χ0v) is 17.2. The van der Waals surface area contributed by atoms with Gasteiger partial charge in [0.25, 0.3) is 0 Å². The van der Waals surface area contributed by atoms with Gasteiger partial charge in [-0.05, 0) is 38.3 Å². The van der Waals surface area contributed by atoms with Gasteiger partial charge >= 0.3 is 0 Å². The monoisotopic (exact) mass is 454 g/mol. The van der Waals surface area contributed by atoms with E-state index in [2.05, 4.69) is 46.6 Å². The molecule has 136 valence electrons. The Kier molecular flexibility index (Phi) is 7.74. The zero-order chi connectivity index (χ0) is 16.8. The van der Waals surface area contributed by atoms with Crippen molar-refractivity contribution in [1.82, 2.24) is 15.6 Å². The highest BCUT2D eigenvalue weighted by Crippen LogP contribution is 2.31. The summed E-state index contributed by atoms with van der Waals surface area (Å²) in [5, 5.41) is 6.66. The molecule has 1 aromatic heterocycles. The molecule has 25 heavy (non-hydrogen) atoms. The predicted octanol–water partition coefficient (Wildman–Crippen LogP) is 4.12. The van der Waals surface area contributed by atoms with Gasteiger partial charge in [-0.15, -0.1) is 24.0 Å². The summed E-state index contributed by atoms with van der Waals surface area (Å²) in [7, 11) is 0. The summed E-state index contributed by atoms with van der Waals surface area (Å²) in [4.78, 5) is 9.13. The molecule has 2 aromatic rings. The molecule has 0 spiro atoms. The van der Waals surface area contributed by atoms with Gasteiger partial charge in [0.1, 0.15) is 12.0 Å². The molecule has 3 rings (SSSR count). The Balaban J connectivity index is 0.00000225. The van der Waals surface area contributed by atoms with Gasteiger partial charge in [0.2, 0.25) is 5.89 Å². The van der Waals surface area contributed by atoms with Crippen LogP contribution in [0.2, 0.25) is 0 Å². The summed E-state index contributed by atoms with van der Waals surface area (Å²) in [5.41, 5.74) is 3.05. The molecule has 0 saturated heterocycles. The van der Waals surface area contributed by atoms with E-state index in [-0.39, 0.29) is 24.0 Å². The SMILES string of the molecule is CCNC(=NCc1coc(-c2ccc(C)cc2)n1)NCCC1CC1.I. The van der Waals surface area contributed by atoms with E-state index in [1.54, 1.807) is 6.26 Å². The first-order valence-corrected chi connectivity index (χ1v) is 8.78. The zero-order valence-electron chi connectivity index (χ0n) is 14.9. The molecule has 1 aliphatic carbocycles. The molecule has 1 saturated carbocycles. The van der Waals surface area contributed by atoms with E-state index in [1.807, 2.05) is 12.1 Å². The van der Waals surface area contributed by atoms with Crippen LogP contribution in [0.25, 0.3) is 11.5 Å². The Morgan fingerprint density at radius 3 is 2.68 bits per heavy atom. The third kappa shape index (κ3) is 6.34. The molecule has 2 N–H and O–H groups in total. The summed E-state index contributed by atoms with van der Waals surface area (Å²) in [6.07, 6.45) is 5.69. The molecule has 0 aliphatic heterocycles. The van der Waals surface area contributed by atoms with Crippen LogP contribution in [-0.4, -0.2) is 24.0 Å². The van der Waals surface area contributed by atoms with Crippen LogP contribution in [0.1, 0.15) is 37.4 Å². The van der Waals surface area contributed by atoms with Crippen LogP contribution in [0.4, 0.5) is 0 Å². The average Bonchev–Trinajstić information content (AvgIpc) is 3.29. The third-order valence-corrected chi connectivity index (χ3v) is 4.14. The number of benzene rings is 1. The first kappa shape index (κ1) is 19.8. The van der Waals surface area contributed by atoms with Gasteiger partial charge in [0, 0.05) is 18.7 Å². The smallest absolute Gasteiger partial charge is 0.226 e. The quantitative estimate of drug-likeness (QED) is 0.376. The van der Waals surface area contributed by atoms with E-state index in [4.69, 9.17) is 4.42 Å². The highest BCUT2D eigenvalue weighted by molar-refractivity contribution is 14.0. The molecular weight excluding hydrogens is 427 g/mol. The minimum atomic E-state index is 0. The standard InChI is InChI=1S/C19H26N4O.HI/c1-3-20-19(21-11-10-15-6-7-15)22-12-17-13-24-18(23-17)16-8-4-14(2)5-9-16;/h4-5,8-9,13,15H,3,6-7,10-12H2,1-2H3,(H2,20,21,22);1H. The van der Waals surface area contributed by atoms with E-state index in [0.29, 0.717) is 12.4 Å². The third-order valence-electron chi connectivity index (χ3n) is 4.14. The summed E-state index contributed by atoms with van der Waals surface area (Å²) in [5.74, 6) is 2.41. The minimum Gasteiger partial charge on any atom is -0.444 e. The largest absolute Gasteiger partial charge is 0.444 e. The Labute approximate surface area is 166 Å². The molecule has 0 atom stereocenters. The van der Waals surface area contributed by atoms with Crippen LogP contribution in [-0.2, 0) is 6.54 Å². The van der Waals surface area contributed by atoms with Crippen molar-refractivity contribution in [3.8, 4) is 11.5 Å². The van der Waals surface area contributed by atoms with Crippen molar-refractivity contribution in [2.75, 3.05) is 13.1 Å². The van der Waals surface area contributed by atoms with E-state index in [1.165, 1.54) is 24.8 Å². The molecule has 0 unspecified atom stereocenters. The van der Waals surface area contributed by atoms with E-state index < -0.39 is 0 Å². The molecule has 1 fully saturated rings. The normalized spacial score (nSPS) is 14.1. The molecule has 0 amide bonds. The number of aliphatic imine (C=N–C) groups is 1. The van der Waals surface area contributed by atoms with E-state index in [0.717, 1.165) is 36.2 Å². The highest BCUT2D eigenvalue weighted by atomic mass is 127. The Hall–Kier alpha value is -1.57. The second-order valence-corrected chi connectivity index (χ2v) is 6.36. The van der Waals surface area contributed by atoms with Crippen molar-refractivity contribution < 1.29 is 4.42 Å². The summed E-state index contributed by atoms with van der Waals surface area (Å²) < 4.78 is 5.58. The van der Waals surface area contributed by atoms with Crippen LogP contribution in [0.3, 0.4) is 0 Å². The lowest BCUT2D eigenvalue weighted by molar-refractivity contribution is 0.572. The van der Waals surface area contributed by atoms with Crippen molar-refractivity contribution >= 4 is 29.9 Å². The van der Waals surface area contributed by atoms with Gasteiger partial charge in [0.05, 0.1) is 6.54 Å². The van der Waals surface area contributed by atoms with Crippen LogP contribution < -0.4 is 10.6 Å². The maximum Gasteiger partial charge on any atom is 0.226 e. The van der Waals surface area contributed by atoms with Crippen molar-refractivity contribution in [1.29, 1.82) is 0 Å². The van der Waals surface area contributed by atoms with E-state index in [9.17, 15) is 0 Å². The predicted molar refractivity (Wildman–Crippen MR) is 112 cm³/mol. The molecule has 1 heterocycles. The molecule has 0 bridgehead atoms. The number of nitrogens with zero attached hydrogens (tertiary/aromatic N) is 2. The molecule has 1 aliphatic rings. The molecular formula is C19H27IN4O. The average molecular weight is 454 g/mol. The number of oxazole rings is 1. The van der Waals surface area contributed by atoms with Gasteiger partial charge in [0.15, 0.2) is 5.96 Å². The fourth-order valence-electron chi connectivity index (χ4n) is 2.51. The first-order valence-electron chi connectivity index (χ1n) is 8.78. The van der Waals surface area contributed by atoms with Crippen molar-refractivity contribution in [3.63, 3.8) is 0 Å². The topological polar surface area (TPSA) is 62.5 Å². The number of nitrogens with one attached hydrogen (secondary N) is 2. The second-order valence-electron chi connectivity index (χ2n) is 6.36. The number of guanidine groups is 1. The van der Waals surface area contributed by atoms with Gasteiger partial charge in [-0.25, -0.2) is 9.98 Å². The van der Waals surface area contributed by atoms with Crippen LogP contribution >= 0.6 is 24.0 Å². The molecule has 0 radical (unpaired) electrons. The maximum absolute atomic E-state index is 5.58. The number of halogens is 1. The maximum atomic E-state index is 5.58. The molecule has 1 aromatic carbocycles.